The van der Waals surface area contributed by atoms with E-state index in [0.717, 1.165) is 24.8 Å². The molecule has 4 heteroatoms. The Balaban J connectivity index is 2.22. The van der Waals surface area contributed by atoms with Crippen LogP contribution in [0.5, 0.6) is 0 Å². The highest BCUT2D eigenvalue weighted by molar-refractivity contribution is 9.10. The topological polar surface area (TPSA) is 21.3 Å². The minimum atomic E-state index is -0.199. The predicted molar refractivity (Wildman–Crippen MR) is 88.1 cm³/mol. The normalized spacial score (nSPS) is 20.0. The van der Waals surface area contributed by atoms with Gasteiger partial charge in [-0.25, -0.2) is 4.39 Å². The van der Waals surface area contributed by atoms with Gasteiger partial charge >= 0.3 is 0 Å². The number of hydrogen-bond acceptors (Lipinski definition) is 2. The van der Waals surface area contributed by atoms with E-state index < -0.39 is 0 Å². The van der Waals surface area contributed by atoms with Crippen molar-refractivity contribution < 1.29 is 9.13 Å². The first kappa shape index (κ1) is 16.9. The van der Waals surface area contributed by atoms with Crippen LogP contribution < -0.4 is 5.32 Å². The number of hydrogen-bond donors (Lipinski definition) is 1. The zero-order valence-corrected chi connectivity index (χ0v) is 14.5. The highest BCUT2D eigenvalue weighted by Crippen LogP contribution is 2.35. The van der Waals surface area contributed by atoms with Crippen molar-refractivity contribution in [3.8, 4) is 0 Å². The molecule has 0 radical (unpaired) electrons. The van der Waals surface area contributed by atoms with Crippen LogP contribution >= 0.6 is 15.9 Å². The second-order valence-electron chi connectivity index (χ2n) is 5.94. The number of nitrogens with one attached hydrogen (secondary N) is 1. The third kappa shape index (κ3) is 3.85. The lowest BCUT2D eigenvalue weighted by Gasteiger charge is -2.39. The summed E-state index contributed by atoms with van der Waals surface area (Å²) in [5.74, 6) is -0.199. The Hall–Kier alpha value is -0.450. The summed E-state index contributed by atoms with van der Waals surface area (Å²) in [4.78, 5) is 0. The summed E-state index contributed by atoms with van der Waals surface area (Å²) in [6.07, 6.45) is 7.88. The SMILES string of the molecule is CNC(Cc1cccc(F)c1Br)C1(OC)CCCCCC1. The largest absolute Gasteiger partial charge is 0.377 e. The van der Waals surface area contributed by atoms with E-state index in [1.54, 1.807) is 6.07 Å². The van der Waals surface area contributed by atoms with E-state index in [2.05, 4.69) is 21.2 Å². The van der Waals surface area contributed by atoms with Crippen LogP contribution in [0.25, 0.3) is 0 Å². The van der Waals surface area contributed by atoms with Crippen molar-refractivity contribution in [1.29, 1.82) is 0 Å². The Kier molecular flexibility index (Phi) is 6.20. The van der Waals surface area contributed by atoms with Gasteiger partial charge in [-0.05, 0) is 53.9 Å². The standard InChI is InChI=1S/C17H25BrFNO/c1-20-15(12-13-8-7-9-14(19)16(13)18)17(21-2)10-5-3-4-6-11-17/h7-9,15,20H,3-6,10-12H2,1-2H3. The summed E-state index contributed by atoms with van der Waals surface area (Å²) in [6, 6.07) is 5.44. The number of ether oxygens (including phenoxy) is 1. The molecule has 0 heterocycles. The molecule has 118 valence electrons. The van der Waals surface area contributed by atoms with Gasteiger partial charge in [-0.15, -0.1) is 0 Å². The summed E-state index contributed by atoms with van der Waals surface area (Å²) < 4.78 is 20.3. The maximum Gasteiger partial charge on any atom is 0.137 e. The van der Waals surface area contributed by atoms with E-state index in [4.69, 9.17) is 4.74 Å². The van der Waals surface area contributed by atoms with Crippen LogP contribution in [0.15, 0.2) is 22.7 Å². The monoisotopic (exact) mass is 357 g/mol. The molecule has 2 rings (SSSR count). The summed E-state index contributed by atoms with van der Waals surface area (Å²) in [5, 5.41) is 3.42. The molecule has 0 spiro atoms. The summed E-state index contributed by atoms with van der Waals surface area (Å²) >= 11 is 3.37. The average molecular weight is 358 g/mol. The van der Waals surface area contributed by atoms with Crippen LogP contribution in [-0.4, -0.2) is 25.8 Å². The van der Waals surface area contributed by atoms with Gasteiger partial charge in [0.15, 0.2) is 0 Å². The molecule has 1 aromatic rings. The van der Waals surface area contributed by atoms with E-state index in [-0.39, 0.29) is 17.5 Å². The molecule has 1 aliphatic rings. The number of benzene rings is 1. The minimum absolute atomic E-state index is 0.142. The van der Waals surface area contributed by atoms with Gasteiger partial charge in [0.25, 0.3) is 0 Å². The number of halogens is 2. The summed E-state index contributed by atoms with van der Waals surface area (Å²) in [5.41, 5.74) is 0.854. The Bertz CT molecular complexity index is 458. The van der Waals surface area contributed by atoms with E-state index in [1.807, 2.05) is 20.2 Å². The quantitative estimate of drug-likeness (QED) is 0.785. The molecule has 1 unspecified atom stereocenters. The highest BCUT2D eigenvalue weighted by atomic mass is 79.9. The molecule has 0 bridgehead atoms. The molecule has 1 aliphatic carbocycles. The van der Waals surface area contributed by atoms with Crippen LogP contribution in [0.3, 0.4) is 0 Å². The smallest absolute Gasteiger partial charge is 0.137 e. The van der Waals surface area contributed by atoms with Crippen molar-refractivity contribution in [3.05, 3.63) is 34.1 Å². The van der Waals surface area contributed by atoms with Gasteiger partial charge in [-0.2, -0.15) is 0 Å². The van der Waals surface area contributed by atoms with E-state index in [1.165, 1.54) is 31.7 Å². The van der Waals surface area contributed by atoms with Crippen molar-refractivity contribution in [2.75, 3.05) is 14.2 Å². The first-order valence-electron chi connectivity index (χ1n) is 7.78. The van der Waals surface area contributed by atoms with Crippen LogP contribution in [0.1, 0.15) is 44.1 Å². The molecule has 0 amide bonds. The zero-order valence-electron chi connectivity index (χ0n) is 12.9. The average Bonchev–Trinajstić information content (AvgIpc) is 2.75. The molecule has 2 nitrogen and oxygen atoms in total. The minimum Gasteiger partial charge on any atom is -0.377 e. The third-order valence-corrected chi connectivity index (χ3v) is 5.68. The maximum atomic E-state index is 13.7. The summed E-state index contributed by atoms with van der Waals surface area (Å²) in [6.45, 7) is 0. The number of methoxy groups -OCH3 is 1. The van der Waals surface area contributed by atoms with E-state index in [9.17, 15) is 4.39 Å². The molecule has 0 aliphatic heterocycles. The highest BCUT2D eigenvalue weighted by Gasteiger charge is 2.38. The molecule has 0 aromatic heterocycles. The Morgan fingerprint density at radius 3 is 2.52 bits per heavy atom. The van der Waals surface area contributed by atoms with Gasteiger partial charge in [0.2, 0.25) is 0 Å². The molecule has 1 aromatic carbocycles. The van der Waals surface area contributed by atoms with Gasteiger partial charge in [0.05, 0.1) is 10.1 Å². The second-order valence-corrected chi connectivity index (χ2v) is 6.73. The number of likely N-dealkylation sites (N-methyl/N-ethyl adjacent to an activating group) is 1. The van der Waals surface area contributed by atoms with Crippen molar-refractivity contribution in [1.82, 2.24) is 5.32 Å². The maximum absolute atomic E-state index is 13.7. The van der Waals surface area contributed by atoms with Gasteiger partial charge in [-0.1, -0.05) is 37.8 Å². The number of rotatable bonds is 5. The van der Waals surface area contributed by atoms with Crippen molar-refractivity contribution >= 4 is 15.9 Å². The van der Waals surface area contributed by atoms with E-state index >= 15 is 0 Å². The van der Waals surface area contributed by atoms with Crippen molar-refractivity contribution in [2.45, 2.75) is 56.6 Å². The molecule has 0 saturated heterocycles. The Morgan fingerprint density at radius 1 is 1.29 bits per heavy atom. The Labute approximate surface area is 135 Å². The zero-order chi connectivity index (χ0) is 15.3. The van der Waals surface area contributed by atoms with Crippen LogP contribution in [-0.2, 0) is 11.2 Å². The fourth-order valence-electron chi connectivity index (χ4n) is 3.50. The molecule has 1 saturated carbocycles. The molecule has 1 fully saturated rings. The van der Waals surface area contributed by atoms with Crippen LogP contribution in [0.2, 0.25) is 0 Å². The lowest BCUT2D eigenvalue weighted by molar-refractivity contribution is -0.0509. The van der Waals surface area contributed by atoms with Crippen LogP contribution in [0, 0.1) is 5.82 Å². The van der Waals surface area contributed by atoms with E-state index in [0.29, 0.717) is 4.47 Å². The Morgan fingerprint density at radius 2 is 1.95 bits per heavy atom. The fourth-order valence-corrected chi connectivity index (χ4v) is 3.93. The van der Waals surface area contributed by atoms with Gasteiger partial charge < -0.3 is 10.1 Å². The van der Waals surface area contributed by atoms with Gasteiger partial charge in [-0.3, -0.25) is 0 Å². The van der Waals surface area contributed by atoms with Crippen LogP contribution in [0.4, 0.5) is 4.39 Å². The first-order valence-corrected chi connectivity index (χ1v) is 8.57. The summed E-state index contributed by atoms with van der Waals surface area (Å²) in [7, 11) is 3.79. The molecular formula is C17H25BrFNO. The lowest BCUT2D eigenvalue weighted by Crippen LogP contribution is -2.52. The van der Waals surface area contributed by atoms with Crippen molar-refractivity contribution in [2.24, 2.45) is 0 Å². The first-order chi connectivity index (χ1) is 10.1. The van der Waals surface area contributed by atoms with Gasteiger partial charge in [0, 0.05) is 13.2 Å². The lowest BCUT2D eigenvalue weighted by atomic mass is 9.82. The third-order valence-electron chi connectivity index (χ3n) is 4.80. The molecular weight excluding hydrogens is 333 g/mol. The second kappa shape index (κ2) is 7.70. The molecule has 1 N–H and O–H groups in total. The fraction of sp³-hybridized carbons (Fsp3) is 0.647. The predicted octanol–water partition coefficient (Wildman–Crippen LogP) is 4.46. The molecule has 21 heavy (non-hydrogen) atoms. The van der Waals surface area contributed by atoms with Gasteiger partial charge in [0.1, 0.15) is 5.82 Å². The molecule has 1 atom stereocenters. The van der Waals surface area contributed by atoms with Crippen molar-refractivity contribution in [3.63, 3.8) is 0 Å².